The third-order valence-electron chi connectivity index (χ3n) is 2.58. The lowest BCUT2D eigenvalue weighted by molar-refractivity contribution is -0.384. The van der Waals surface area contributed by atoms with Gasteiger partial charge in [0.2, 0.25) is 0 Å². The Hall–Kier alpha value is -1.70. The second-order valence-corrected chi connectivity index (χ2v) is 4.84. The highest BCUT2D eigenvalue weighted by Gasteiger charge is 2.21. The van der Waals surface area contributed by atoms with Crippen LogP contribution in [0.1, 0.15) is 13.3 Å². The molecule has 0 heterocycles. The van der Waals surface area contributed by atoms with Gasteiger partial charge in [0.15, 0.2) is 0 Å². The molecule has 1 aromatic carbocycles. The fourth-order valence-corrected chi connectivity index (χ4v) is 1.92. The summed E-state index contributed by atoms with van der Waals surface area (Å²) in [4.78, 5) is 23.1. The number of nitro benzene ring substituents is 1. The first kappa shape index (κ1) is 16.4. The van der Waals surface area contributed by atoms with Gasteiger partial charge in [-0.1, -0.05) is 0 Å². The summed E-state index contributed by atoms with van der Waals surface area (Å²) in [6, 6.07) is 2.17. The van der Waals surface area contributed by atoms with Gasteiger partial charge in [-0.2, -0.15) is 0 Å². The maximum Gasteiger partial charge on any atom is 0.307 e. The van der Waals surface area contributed by atoms with E-state index in [0.29, 0.717) is 0 Å². The number of nitrogens with zero attached hydrogens (tertiary/aromatic N) is 2. The fourth-order valence-electron chi connectivity index (χ4n) is 1.59. The number of nitro groups is 1. The molecule has 110 valence electrons. The SMILES string of the molecule is CCOC(=O)CCN(C)c1cc(Br)c(F)cc1[N+](=O)[O-]. The molecule has 0 saturated heterocycles. The van der Waals surface area contributed by atoms with Crippen LogP contribution in [0.15, 0.2) is 16.6 Å². The first-order valence-corrected chi connectivity index (χ1v) is 6.66. The van der Waals surface area contributed by atoms with E-state index in [1.54, 1.807) is 14.0 Å². The number of anilines is 1. The zero-order valence-corrected chi connectivity index (χ0v) is 12.6. The molecule has 6 nitrogen and oxygen atoms in total. The van der Waals surface area contributed by atoms with Gasteiger partial charge in [0.1, 0.15) is 11.5 Å². The molecule has 0 fully saturated rings. The van der Waals surface area contributed by atoms with Crippen molar-refractivity contribution in [2.75, 3.05) is 25.1 Å². The van der Waals surface area contributed by atoms with E-state index in [1.165, 1.54) is 11.0 Å². The number of rotatable bonds is 6. The number of benzene rings is 1. The minimum Gasteiger partial charge on any atom is -0.466 e. The number of hydrogen-bond acceptors (Lipinski definition) is 5. The Labute approximate surface area is 123 Å². The zero-order valence-electron chi connectivity index (χ0n) is 11.1. The summed E-state index contributed by atoms with van der Waals surface area (Å²) in [6.07, 6.45) is 0.0937. The van der Waals surface area contributed by atoms with E-state index in [4.69, 9.17) is 4.74 Å². The largest absolute Gasteiger partial charge is 0.466 e. The predicted molar refractivity (Wildman–Crippen MR) is 75.3 cm³/mol. The number of hydrogen-bond donors (Lipinski definition) is 0. The molecule has 0 saturated carbocycles. The van der Waals surface area contributed by atoms with Crippen LogP contribution in [0, 0.1) is 15.9 Å². The average molecular weight is 349 g/mol. The molecule has 1 aromatic rings. The van der Waals surface area contributed by atoms with Crippen molar-refractivity contribution in [3.05, 3.63) is 32.5 Å². The van der Waals surface area contributed by atoms with Gasteiger partial charge in [0.25, 0.3) is 5.69 Å². The lowest BCUT2D eigenvalue weighted by Crippen LogP contribution is -2.23. The minimum atomic E-state index is -0.709. The van der Waals surface area contributed by atoms with Gasteiger partial charge < -0.3 is 9.64 Å². The summed E-state index contributed by atoms with van der Waals surface area (Å²) in [7, 11) is 1.59. The van der Waals surface area contributed by atoms with E-state index in [1.807, 2.05) is 0 Å². The molecule has 1 rings (SSSR count). The summed E-state index contributed by atoms with van der Waals surface area (Å²) in [5.41, 5.74) is -0.121. The van der Waals surface area contributed by atoms with Crippen LogP contribution in [0.4, 0.5) is 15.8 Å². The van der Waals surface area contributed by atoms with E-state index >= 15 is 0 Å². The van der Waals surface area contributed by atoms with Crippen molar-refractivity contribution >= 4 is 33.3 Å². The molecule has 20 heavy (non-hydrogen) atoms. The predicted octanol–water partition coefficient (Wildman–Crippen LogP) is 2.89. The third-order valence-corrected chi connectivity index (χ3v) is 3.19. The average Bonchev–Trinajstić information content (AvgIpc) is 2.38. The Morgan fingerprint density at radius 1 is 1.55 bits per heavy atom. The van der Waals surface area contributed by atoms with E-state index in [-0.39, 0.29) is 41.4 Å². The number of carbonyl (C=O) groups excluding carboxylic acids is 1. The minimum absolute atomic E-state index is 0.0937. The van der Waals surface area contributed by atoms with Gasteiger partial charge in [-0.15, -0.1) is 0 Å². The Morgan fingerprint density at radius 3 is 2.75 bits per heavy atom. The number of halogens is 2. The summed E-state index contributed by atoms with van der Waals surface area (Å²) in [5.74, 6) is -1.09. The van der Waals surface area contributed by atoms with Crippen molar-refractivity contribution in [2.45, 2.75) is 13.3 Å². The lowest BCUT2D eigenvalue weighted by Gasteiger charge is -2.19. The highest BCUT2D eigenvalue weighted by Crippen LogP contribution is 2.32. The van der Waals surface area contributed by atoms with E-state index in [9.17, 15) is 19.3 Å². The molecular formula is C12H14BrFN2O4. The second kappa shape index (κ2) is 7.18. The topological polar surface area (TPSA) is 72.7 Å². The van der Waals surface area contributed by atoms with E-state index < -0.39 is 10.7 Å². The van der Waals surface area contributed by atoms with Gasteiger partial charge in [-0.05, 0) is 28.9 Å². The van der Waals surface area contributed by atoms with Gasteiger partial charge in [0, 0.05) is 13.6 Å². The van der Waals surface area contributed by atoms with Crippen molar-refractivity contribution in [1.29, 1.82) is 0 Å². The first-order valence-electron chi connectivity index (χ1n) is 5.87. The fraction of sp³-hybridized carbons (Fsp3) is 0.417. The second-order valence-electron chi connectivity index (χ2n) is 3.99. The monoisotopic (exact) mass is 348 g/mol. The molecule has 0 unspecified atom stereocenters. The molecule has 0 aliphatic rings. The van der Waals surface area contributed by atoms with Crippen molar-refractivity contribution < 1.29 is 18.8 Å². The van der Waals surface area contributed by atoms with E-state index in [0.717, 1.165) is 6.07 Å². The maximum absolute atomic E-state index is 13.4. The highest BCUT2D eigenvalue weighted by molar-refractivity contribution is 9.10. The smallest absolute Gasteiger partial charge is 0.307 e. The van der Waals surface area contributed by atoms with Gasteiger partial charge in [-0.25, -0.2) is 4.39 Å². The van der Waals surface area contributed by atoms with Crippen LogP contribution in [0.5, 0.6) is 0 Å². The van der Waals surface area contributed by atoms with Crippen molar-refractivity contribution in [2.24, 2.45) is 0 Å². The van der Waals surface area contributed by atoms with Crippen LogP contribution in [0.2, 0.25) is 0 Å². The summed E-state index contributed by atoms with van der Waals surface area (Å²) in [5, 5.41) is 10.9. The van der Waals surface area contributed by atoms with Crippen molar-refractivity contribution in [1.82, 2.24) is 0 Å². The number of ether oxygens (including phenoxy) is 1. The van der Waals surface area contributed by atoms with Crippen LogP contribution in [0.3, 0.4) is 0 Å². The van der Waals surface area contributed by atoms with Gasteiger partial charge in [0.05, 0.1) is 28.5 Å². The molecule has 0 aliphatic heterocycles. The molecular weight excluding hydrogens is 335 g/mol. The van der Waals surface area contributed by atoms with Gasteiger partial charge >= 0.3 is 5.97 Å². The first-order chi connectivity index (χ1) is 9.36. The molecule has 0 aromatic heterocycles. The Kier molecular flexibility index (Phi) is 5.87. The normalized spacial score (nSPS) is 10.2. The summed E-state index contributed by atoms with van der Waals surface area (Å²) in [6.45, 7) is 2.21. The third kappa shape index (κ3) is 4.16. The van der Waals surface area contributed by atoms with E-state index in [2.05, 4.69) is 15.9 Å². The lowest BCUT2D eigenvalue weighted by atomic mass is 10.2. The molecule has 0 amide bonds. The van der Waals surface area contributed by atoms with Crippen LogP contribution >= 0.6 is 15.9 Å². The molecule has 0 spiro atoms. The van der Waals surface area contributed by atoms with Crippen LogP contribution in [-0.2, 0) is 9.53 Å². The van der Waals surface area contributed by atoms with Crippen LogP contribution < -0.4 is 4.90 Å². The zero-order chi connectivity index (χ0) is 15.3. The number of esters is 1. The van der Waals surface area contributed by atoms with Gasteiger partial charge in [-0.3, -0.25) is 14.9 Å². The highest BCUT2D eigenvalue weighted by atomic mass is 79.9. The van der Waals surface area contributed by atoms with Crippen molar-refractivity contribution in [3.8, 4) is 0 Å². The quantitative estimate of drug-likeness (QED) is 0.449. The van der Waals surface area contributed by atoms with Crippen LogP contribution in [0.25, 0.3) is 0 Å². The summed E-state index contributed by atoms with van der Waals surface area (Å²) >= 11 is 2.99. The van der Waals surface area contributed by atoms with Crippen LogP contribution in [-0.4, -0.2) is 31.1 Å². The van der Waals surface area contributed by atoms with Crippen molar-refractivity contribution in [3.63, 3.8) is 0 Å². The number of carbonyl (C=O) groups is 1. The molecule has 8 heteroatoms. The molecule has 0 aliphatic carbocycles. The molecule has 0 N–H and O–H groups in total. The Morgan fingerprint density at radius 2 is 2.20 bits per heavy atom. The molecule has 0 radical (unpaired) electrons. The molecule has 0 bridgehead atoms. The standard InChI is InChI=1S/C12H14BrFN2O4/c1-3-20-12(17)4-5-15(2)10-6-8(13)9(14)7-11(10)16(18)19/h6-7H,3-5H2,1-2H3. The summed E-state index contributed by atoms with van der Waals surface area (Å²) < 4.78 is 18.3. The Balaban J connectivity index is 2.91. The molecule has 0 atom stereocenters. The maximum atomic E-state index is 13.4. The Bertz CT molecular complexity index is 524.